The van der Waals surface area contributed by atoms with E-state index < -0.39 is 0 Å². The molecule has 1 aromatic heterocycles. The maximum Gasteiger partial charge on any atom is 0.191 e. The van der Waals surface area contributed by atoms with Gasteiger partial charge < -0.3 is 15.4 Å². The molecule has 0 aliphatic heterocycles. The zero-order valence-corrected chi connectivity index (χ0v) is 18.0. The van der Waals surface area contributed by atoms with Crippen LogP contribution >= 0.6 is 24.0 Å². The lowest BCUT2D eigenvalue weighted by atomic mass is 10.2. The summed E-state index contributed by atoms with van der Waals surface area (Å²) in [5, 5.41) is 10.6. The van der Waals surface area contributed by atoms with E-state index >= 15 is 0 Å². The first kappa shape index (κ1) is 22.4. The van der Waals surface area contributed by atoms with Crippen LogP contribution in [-0.4, -0.2) is 40.4 Å². The van der Waals surface area contributed by atoms with Crippen molar-refractivity contribution in [2.75, 3.05) is 19.7 Å². The molecule has 0 radical (unpaired) electrons. The van der Waals surface area contributed by atoms with E-state index in [0.29, 0.717) is 25.7 Å². The molecule has 0 saturated carbocycles. The van der Waals surface area contributed by atoms with Crippen molar-refractivity contribution in [2.45, 2.75) is 27.0 Å². The van der Waals surface area contributed by atoms with Gasteiger partial charge in [0, 0.05) is 20.1 Å². The van der Waals surface area contributed by atoms with E-state index in [1.807, 2.05) is 32.2 Å². The van der Waals surface area contributed by atoms with Crippen molar-refractivity contribution in [3.8, 4) is 0 Å². The molecular weight excluding hydrogens is 443 g/mol. The predicted octanol–water partition coefficient (Wildman–Crippen LogP) is 2.34. The lowest BCUT2D eigenvalue weighted by Crippen LogP contribution is -2.40. The van der Waals surface area contributed by atoms with Crippen LogP contribution in [0, 0.1) is 5.92 Å². The molecule has 0 aliphatic rings. The van der Waals surface area contributed by atoms with Crippen LogP contribution < -0.4 is 10.6 Å². The number of benzene rings is 1. The van der Waals surface area contributed by atoms with Crippen molar-refractivity contribution in [2.24, 2.45) is 18.0 Å². The Labute approximate surface area is 172 Å². The standard InChI is InChI=1S/C18H28N6O.HI/c1-4-19-18(21-11-17-22-14-23-24(17)3)20-10-15(2)12-25-13-16-8-6-5-7-9-16;/h5-9,14-15H,4,10-13H2,1-3H3,(H2,19,20,21);1H. The summed E-state index contributed by atoms with van der Waals surface area (Å²) in [5.74, 6) is 1.99. The Kier molecular flexibility index (Phi) is 10.9. The van der Waals surface area contributed by atoms with Gasteiger partial charge in [0.1, 0.15) is 18.7 Å². The molecule has 2 aromatic rings. The van der Waals surface area contributed by atoms with Crippen molar-refractivity contribution in [1.29, 1.82) is 0 Å². The highest BCUT2D eigenvalue weighted by molar-refractivity contribution is 14.0. The average molecular weight is 472 g/mol. The van der Waals surface area contributed by atoms with Gasteiger partial charge in [0.25, 0.3) is 0 Å². The molecular formula is C18H29IN6O. The Morgan fingerprint density at radius 2 is 2.04 bits per heavy atom. The number of rotatable bonds is 9. The van der Waals surface area contributed by atoms with Gasteiger partial charge in [-0.15, -0.1) is 24.0 Å². The minimum Gasteiger partial charge on any atom is -0.376 e. The molecule has 2 N–H and O–H groups in total. The van der Waals surface area contributed by atoms with E-state index in [9.17, 15) is 0 Å². The van der Waals surface area contributed by atoms with E-state index in [2.05, 4.69) is 44.8 Å². The Hall–Kier alpha value is -1.68. The molecule has 0 bridgehead atoms. The molecule has 2 rings (SSSR count). The normalized spacial score (nSPS) is 12.3. The van der Waals surface area contributed by atoms with Gasteiger partial charge >= 0.3 is 0 Å². The fourth-order valence-electron chi connectivity index (χ4n) is 2.24. The third-order valence-corrected chi connectivity index (χ3v) is 3.66. The summed E-state index contributed by atoms with van der Waals surface area (Å²) in [6.45, 7) is 7.64. The number of halogens is 1. The summed E-state index contributed by atoms with van der Waals surface area (Å²) >= 11 is 0. The molecule has 0 amide bonds. The molecule has 144 valence electrons. The Morgan fingerprint density at radius 3 is 2.69 bits per heavy atom. The molecule has 7 nitrogen and oxygen atoms in total. The molecule has 0 aliphatic carbocycles. The van der Waals surface area contributed by atoms with E-state index in [-0.39, 0.29) is 24.0 Å². The van der Waals surface area contributed by atoms with E-state index in [1.165, 1.54) is 11.9 Å². The second kappa shape index (κ2) is 12.6. The fraction of sp³-hybridized carbons (Fsp3) is 0.500. The monoisotopic (exact) mass is 472 g/mol. The van der Waals surface area contributed by atoms with E-state index in [0.717, 1.165) is 24.9 Å². The number of aliphatic imine (C=N–C) groups is 1. The summed E-state index contributed by atoms with van der Waals surface area (Å²) in [7, 11) is 1.87. The first-order valence-electron chi connectivity index (χ1n) is 8.65. The number of nitrogens with zero attached hydrogens (tertiary/aromatic N) is 4. The van der Waals surface area contributed by atoms with Crippen LogP contribution in [0.2, 0.25) is 0 Å². The molecule has 0 spiro atoms. The number of aromatic nitrogens is 3. The number of hydrogen-bond donors (Lipinski definition) is 2. The number of aryl methyl sites for hydroxylation is 1. The Bertz CT molecular complexity index is 646. The summed E-state index contributed by atoms with van der Waals surface area (Å²) in [5.41, 5.74) is 1.20. The third kappa shape index (κ3) is 8.13. The van der Waals surface area contributed by atoms with Crippen LogP contribution in [0.3, 0.4) is 0 Å². The van der Waals surface area contributed by atoms with E-state index in [1.54, 1.807) is 4.68 Å². The van der Waals surface area contributed by atoms with Gasteiger partial charge in [0.05, 0.1) is 13.2 Å². The molecule has 26 heavy (non-hydrogen) atoms. The largest absolute Gasteiger partial charge is 0.376 e. The Morgan fingerprint density at radius 1 is 1.27 bits per heavy atom. The number of hydrogen-bond acceptors (Lipinski definition) is 4. The van der Waals surface area contributed by atoms with Gasteiger partial charge in [-0.2, -0.15) is 5.10 Å². The van der Waals surface area contributed by atoms with Gasteiger partial charge in [0.2, 0.25) is 0 Å². The highest BCUT2D eigenvalue weighted by atomic mass is 127. The lowest BCUT2D eigenvalue weighted by Gasteiger charge is -2.16. The maximum atomic E-state index is 5.79. The molecule has 0 fully saturated rings. The van der Waals surface area contributed by atoms with Crippen molar-refractivity contribution < 1.29 is 4.74 Å². The van der Waals surface area contributed by atoms with Crippen LogP contribution in [0.5, 0.6) is 0 Å². The quantitative estimate of drug-likeness (QED) is 0.333. The molecule has 8 heteroatoms. The average Bonchev–Trinajstić information content (AvgIpc) is 3.03. The first-order chi connectivity index (χ1) is 12.2. The van der Waals surface area contributed by atoms with Crippen molar-refractivity contribution in [3.63, 3.8) is 0 Å². The Balaban J connectivity index is 0.00000338. The van der Waals surface area contributed by atoms with Crippen LogP contribution in [0.25, 0.3) is 0 Å². The summed E-state index contributed by atoms with van der Waals surface area (Å²) < 4.78 is 7.52. The highest BCUT2D eigenvalue weighted by Gasteiger charge is 2.06. The van der Waals surface area contributed by atoms with Crippen molar-refractivity contribution >= 4 is 29.9 Å². The van der Waals surface area contributed by atoms with Crippen molar-refractivity contribution in [3.05, 3.63) is 48.0 Å². The van der Waals surface area contributed by atoms with Crippen molar-refractivity contribution in [1.82, 2.24) is 25.4 Å². The second-order valence-corrected chi connectivity index (χ2v) is 5.98. The van der Waals surface area contributed by atoms with Gasteiger partial charge in [-0.05, 0) is 18.4 Å². The molecule has 1 atom stereocenters. The molecule has 1 aromatic carbocycles. The zero-order chi connectivity index (χ0) is 17.9. The predicted molar refractivity (Wildman–Crippen MR) is 114 cm³/mol. The lowest BCUT2D eigenvalue weighted by molar-refractivity contribution is 0.0931. The summed E-state index contributed by atoms with van der Waals surface area (Å²) in [6.07, 6.45) is 1.54. The SMILES string of the molecule is CCNC(=NCc1ncnn1C)NCC(C)COCc1ccccc1.I. The zero-order valence-electron chi connectivity index (χ0n) is 15.7. The highest BCUT2D eigenvalue weighted by Crippen LogP contribution is 2.03. The second-order valence-electron chi connectivity index (χ2n) is 5.98. The van der Waals surface area contributed by atoms with Crippen LogP contribution in [0.15, 0.2) is 41.7 Å². The summed E-state index contributed by atoms with van der Waals surface area (Å²) in [6, 6.07) is 10.2. The van der Waals surface area contributed by atoms with Gasteiger partial charge in [-0.3, -0.25) is 4.68 Å². The van der Waals surface area contributed by atoms with Gasteiger partial charge in [-0.1, -0.05) is 37.3 Å². The minimum absolute atomic E-state index is 0. The number of guanidine groups is 1. The molecule has 1 heterocycles. The van der Waals surface area contributed by atoms with Crippen LogP contribution in [-0.2, 0) is 24.9 Å². The summed E-state index contributed by atoms with van der Waals surface area (Å²) in [4.78, 5) is 8.73. The number of ether oxygens (including phenoxy) is 1. The minimum atomic E-state index is 0. The maximum absolute atomic E-state index is 5.79. The van der Waals surface area contributed by atoms with Crippen LogP contribution in [0.4, 0.5) is 0 Å². The first-order valence-corrected chi connectivity index (χ1v) is 8.65. The van der Waals surface area contributed by atoms with Crippen LogP contribution in [0.1, 0.15) is 25.2 Å². The van der Waals surface area contributed by atoms with Gasteiger partial charge in [0.15, 0.2) is 5.96 Å². The topological polar surface area (TPSA) is 76.4 Å². The molecule has 1 unspecified atom stereocenters. The third-order valence-electron chi connectivity index (χ3n) is 3.66. The van der Waals surface area contributed by atoms with Gasteiger partial charge in [-0.25, -0.2) is 9.98 Å². The number of nitrogens with one attached hydrogen (secondary N) is 2. The molecule has 0 saturated heterocycles. The smallest absolute Gasteiger partial charge is 0.191 e. The van der Waals surface area contributed by atoms with E-state index in [4.69, 9.17) is 4.74 Å². The fourth-order valence-corrected chi connectivity index (χ4v) is 2.24.